The molecular weight excluding hydrogens is 312 g/mol. The molecule has 2 unspecified atom stereocenters. The van der Waals surface area contributed by atoms with Crippen LogP contribution < -0.4 is 10.6 Å². The predicted octanol–water partition coefficient (Wildman–Crippen LogP) is 1.89. The summed E-state index contributed by atoms with van der Waals surface area (Å²) in [6.07, 6.45) is -1.18. The van der Waals surface area contributed by atoms with Crippen molar-refractivity contribution in [3.63, 3.8) is 0 Å². The highest BCUT2D eigenvalue weighted by Crippen LogP contribution is 2.45. The highest BCUT2D eigenvalue weighted by Gasteiger charge is 2.36. The third-order valence-electron chi connectivity index (χ3n) is 3.79. The van der Waals surface area contributed by atoms with E-state index >= 15 is 0 Å². The number of benzene rings is 2. The van der Waals surface area contributed by atoms with Gasteiger partial charge in [-0.25, -0.2) is 0 Å². The van der Waals surface area contributed by atoms with Crippen molar-refractivity contribution in [3.05, 3.63) is 54.1 Å². The summed E-state index contributed by atoms with van der Waals surface area (Å²) in [6.45, 7) is 0.678. The van der Waals surface area contributed by atoms with E-state index in [0.717, 1.165) is 16.1 Å². The molecule has 5 nitrogen and oxygen atoms in total. The second kappa shape index (κ2) is 6.62. The maximum Gasteiger partial charge on any atom is 0.257 e. The molecule has 3 rings (SSSR count). The number of aliphatic hydroxyl groups is 1. The number of hydrogen-bond acceptors (Lipinski definition) is 5. The Labute approximate surface area is 138 Å². The second-order valence-electron chi connectivity index (χ2n) is 5.32. The number of hydrogen-bond donors (Lipinski definition) is 3. The molecule has 1 aliphatic rings. The highest BCUT2D eigenvalue weighted by molar-refractivity contribution is 7.99. The topological polar surface area (TPSA) is 86.8 Å². The van der Waals surface area contributed by atoms with Gasteiger partial charge in [0.05, 0.1) is 10.9 Å². The maximum atomic E-state index is 12.7. The molecule has 1 amide bonds. The van der Waals surface area contributed by atoms with Gasteiger partial charge in [0.2, 0.25) is 0 Å². The average molecular weight is 330 g/mol. The molecular formula is C17H18N2O3S. The number of aromatic hydroxyl groups is 1. The number of carbonyl (C=O) groups is 1. The summed E-state index contributed by atoms with van der Waals surface area (Å²) in [7, 11) is 0. The summed E-state index contributed by atoms with van der Waals surface area (Å²) in [5.41, 5.74) is 7.19. The van der Waals surface area contributed by atoms with Crippen molar-refractivity contribution in [2.24, 2.45) is 5.73 Å². The third kappa shape index (κ3) is 3.06. The first kappa shape index (κ1) is 15.9. The normalized spacial score (nSPS) is 21.0. The van der Waals surface area contributed by atoms with Gasteiger partial charge < -0.3 is 20.8 Å². The van der Waals surface area contributed by atoms with Crippen LogP contribution in [-0.4, -0.2) is 35.3 Å². The number of phenolic OH excluding ortho intramolecular Hbond substituents is 1. The molecule has 2 aromatic carbocycles. The number of nitrogens with zero attached hydrogens (tertiary/aromatic N) is 1. The standard InChI is InChI=1S/C17H18N2O3S/c18-9-10-19-13-3-1-2-4-14(13)23-16(15(21)17(19)22)11-5-7-12(20)8-6-11/h1-8,15-16,20-21H,9-10,18H2. The number of fused-ring (bicyclic) bond motifs is 1. The van der Waals surface area contributed by atoms with Crippen LogP contribution in [0.3, 0.4) is 0 Å². The van der Waals surface area contributed by atoms with Crippen LogP contribution in [0.25, 0.3) is 0 Å². The van der Waals surface area contributed by atoms with Gasteiger partial charge in [0.15, 0.2) is 0 Å². The number of nitrogens with two attached hydrogens (primary N) is 1. The van der Waals surface area contributed by atoms with Gasteiger partial charge in [-0.2, -0.15) is 0 Å². The molecule has 1 heterocycles. The van der Waals surface area contributed by atoms with Gasteiger partial charge in [0.1, 0.15) is 11.9 Å². The van der Waals surface area contributed by atoms with Gasteiger partial charge in [-0.1, -0.05) is 24.3 Å². The number of amides is 1. The number of thioether (sulfide) groups is 1. The highest BCUT2D eigenvalue weighted by atomic mass is 32.2. The van der Waals surface area contributed by atoms with Crippen molar-refractivity contribution in [2.75, 3.05) is 18.0 Å². The van der Waals surface area contributed by atoms with Gasteiger partial charge >= 0.3 is 0 Å². The summed E-state index contributed by atoms with van der Waals surface area (Å²) in [4.78, 5) is 15.2. The minimum absolute atomic E-state index is 0.151. The fraction of sp³-hybridized carbons (Fsp3) is 0.235. The van der Waals surface area contributed by atoms with Gasteiger partial charge in [-0.05, 0) is 29.8 Å². The molecule has 0 saturated carbocycles. The monoisotopic (exact) mass is 330 g/mol. The quantitative estimate of drug-likeness (QED) is 0.800. The van der Waals surface area contributed by atoms with Crippen LogP contribution in [0, 0.1) is 0 Å². The van der Waals surface area contributed by atoms with Crippen molar-refractivity contribution in [1.29, 1.82) is 0 Å². The first-order valence-electron chi connectivity index (χ1n) is 7.36. The minimum atomic E-state index is -1.18. The van der Waals surface area contributed by atoms with Gasteiger partial charge in [-0.3, -0.25) is 4.79 Å². The van der Waals surface area contributed by atoms with Crippen molar-refractivity contribution in [2.45, 2.75) is 16.2 Å². The Bertz CT molecular complexity index is 705. The molecule has 4 N–H and O–H groups in total. The maximum absolute atomic E-state index is 12.7. The number of rotatable bonds is 3. The van der Waals surface area contributed by atoms with E-state index in [1.807, 2.05) is 24.3 Å². The zero-order valence-electron chi connectivity index (χ0n) is 12.4. The lowest BCUT2D eigenvalue weighted by Gasteiger charge is -2.24. The number of anilines is 1. The van der Waals surface area contributed by atoms with E-state index in [1.165, 1.54) is 11.8 Å². The van der Waals surface area contributed by atoms with E-state index < -0.39 is 11.4 Å². The Hall–Kier alpha value is -2.02. The zero-order chi connectivity index (χ0) is 16.4. The average Bonchev–Trinajstić information content (AvgIpc) is 2.67. The molecule has 2 atom stereocenters. The van der Waals surface area contributed by atoms with Crippen molar-refractivity contribution in [1.82, 2.24) is 0 Å². The fourth-order valence-corrected chi connectivity index (χ4v) is 3.93. The van der Waals surface area contributed by atoms with Gasteiger partial charge in [-0.15, -0.1) is 11.8 Å². The summed E-state index contributed by atoms with van der Waals surface area (Å²) >= 11 is 1.44. The van der Waals surface area contributed by atoms with Gasteiger partial charge in [0, 0.05) is 18.0 Å². The van der Waals surface area contributed by atoms with E-state index in [0.29, 0.717) is 13.1 Å². The molecule has 23 heavy (non-hydrogen) atoms. The third-order valence-corrected chi connectivity index (χ3v) is 5.17. The molecule has 0 aromatic heterocycles. The van der Waals surface area contributed by atoms with Crippen molar-refractivity contribution in [3.8, 4) is 5.75 Å². The smallest absolute Gasteiger partial charge is 0.257 e. The lowest BCUT2D eigenvalue weighted by molar-refractivity contribution is -0.126. The number of phenols is 1. The van der Waals surface area contributed by atoms with E-state index in [2.05, 4.69) is 0 Å². The molecule has 0 bridgehead atoms. The van der Waals surface area contributed by atoms with E-state index in [9.17, 15) is 15.0 Å². The molecule has 6 heteroatoms. The Balaban J connectivity index is 2.05. The molecule has 0 aliphatic carbocycles. The van der Waals surface area contributed by atoms with Crippen LogP contribution in [0.15, 0.2) is 53.4 Å². The molecule has 2 aromatic rings. The number of para-hydroxylation sites is 1. The zero-order valence-corrected chi connectivity index (χ0v) is 13.2. The van der Waals surface area contributed by atoms with E-state index in [4.69, 9.17) is 5.73 Å². The molecule has 0 spiro atoms. The molecule has 0 saturated heterocycles. The molecule has 0 fully saturated rings. The van der Waals surface area contributed by atoms with E-state index in [-0.39, 0.29) is 11.7 Å². The first-order chi connectivity index (χ1) is 11.1. The second-order valence-corrected chi connectivity index (χ2v) is 6.50. The summed E-state index contributed by atoms with van der Waals surface area (Å²) in [5.74, 6) is -0.204. The largest absolute Gasteiger partial charge is 0.508 e. The summed E-state index contributed by atoms with van der Waals surface area (Å²) in [6, 6.07) is 14.1. The van der Waals surface area contributed by atoms with Crippen LogP contribution in [0.2, 0.25) is 0 Å². The Morgan fingerprint density at radius 1 is 1.13 bits per heavy atom. The lowest BCUT2D eigenvalue weighted by Crippen LogP contribution is -2.42. The van der Waals surface area contributed by atoms with Crippen LogP contribution in [-0.2, 0) is 4.79 Å². The SMILES string of the molecule is NCCN1C(=O)C(O)C(c2ccc(O)cc2)Sc2ccccc21. The van der Waals surface area contributed by atoms with Crippen molar-refractivity contribution >= 4 is 23.4 Å². The predicted molar refractivity (Wildman–Crippen MR) is 90.6 cm³/mol. The number of carbonyl (C=O) groups excluding carboxylic acids is 1. The Kier molecular flexibility index (Phi) is 4.56. The molecule has 1 aliphatic heterocycles. The fourth-order valence-electron chi connectivity index (χ4n) is 2.66. The molecule has 120 valence electrons. The van der Waals surface area contributed by atoms with Crippen molar-refractivity contribution < 1.29 is 15.0 Å². The van der Waals surface area contributed by atoms with Crippen LogP contribution in [0.4, 0.5) is 5.69 Å². The first-order valence-corrected chi connectivity index (χ1v) is 8.24. The number of aliphatic hydroxyl groups excluding tert-OH is 1. The summed E-state index contributed by atoms with van der Waals surface area (Å²) in [5, 5.41) is 19.6. The van der Waals surface area contributed by atoms with E-state index in [1.54, 1.807) is 29.2 Å². The Morgan fingerprint density at radius 3 is 2.52 bits per heavy atom. The Morgan fingerprint density at radius 2 is 1.83 bits per heavy atom. The van der Waals surface area contributed by atoms with Crippen LogP contribution in [0.1, 0.15) is 10.8 Å². The van der Waals surface area contributed by atoms with Gasteiger partial charge in [0.25, 0.3) is 5.91 Å². The minimum Gasteiger partial charge on any atom is -0.508 e. The summed E-state index contributed by atoms with van der Waals surface area (Å²) < 4.78 is 0. The molecule has 0 radical (unpaired) electrons. The lowest BCUT2D eigenvalue weighted by atomic mass is 10.1. The van der Waals surface area contributed by atoms with Crippen LogP contribution >= 0.6 is 11.8 Å². The van der Waals surface area contributed by atoms with Crippen LogP contribution in [0.5, 0.6) is 5.75 Å².